The van der Waals surface area contributed by atoms with Crippen molar-refractivity contribution in [1.29, 1.82) is 0 Å². The molecule has 7 heteroatoms. The average Bonchev–Trinajstić information content (AvgIpc) is 2.25. The van der Waals surface area contributed by atoms with E-state index < -0.39 is 0 Å². The summed E-state index contributed by atoms with van der Waals surface area (Å²) in [5.74, 6) is 0. The van der Waals surface area contributed by atoms with E-state index in [1.807, 2.05) is 0 Å². The van der Waals surface area contributed by atoms with E-state index in [-0.39, 0.29) is 14.4 Å². The Kier molecular flexibility index (Phi) is 25.0. The fraction of sp³-hybridized carbons (Fsp3) is 1.00. The number of nitrogens with zero attached hydrogens (tertiary/aromatic N) is 4. The normalized spacial score (nSPS) is 10.2. The molecule has 0 unspecified atom stereocenters. The van der Waals surface area contributed by atoms with Gasteiger partial charge in [0, 0.05) is 26.2 Å². The van der Waals surface area contributed by atoms with Crippen molar-refractivity contribution >= 4 is 19.7 Å². The first-order valence-electron chi connectivity index (χ1n) is 6.18. The molecule has 0 aliphatic rings. The van der Waals surface area contributed by atoms with Gasteiger partial charge in [-0.25, -0.2) is 0 Å². The minimum atomic E-state index is -0.368. The van der Waals surface area contributed by atoms with E-state index in [1.54, 1.807) is 0 Å². The quantitative estimate of drug-likeness (QED) is 0.718. The van der Waals surface area contributed by atoms with Crippen LogP contribution < -0.4 is 0 Å². The Morgan fingerprint density at radius 3 is 0.684 bits per heavy atom. The van der Waals surface area contributed by atoms with Gasteiger partial charge in [-0.3, -0.25) is 0 Å². The van der Waals surface area contributed by atoms with Crippen LogP contribution in [0, 0.1) is 0 Å². The summed E-state index contributed by atoms with van der Waals surface area (Å²) >= 11 is -0.368. The van der Waals surface area contributed by atoms with Crippen LogP contribution in [0.2, 0.25) is 0 Å². The van der Waals surface area contributed by atoms with Gasteiger partial charge >= 0.3 is 34.1 Å². The molecule has 0 rings (SSSR count). The minimum absolute atomic E-state index is 0.368. The summed E-state index contributed by atoms with van der Waals surface area (Å²) in [6.07, 6.45) is 0. The third-order valence-electron chi connectivity index (χ3n) is 1.99. The number of halogens is 2. The van der Waals surface area contributed by atoms with Gasteiger partial charge in [0.25, 0.3) is 0 Å². The van der Waals surface area contributed by atoms with Crippen LogP contribution in [0.5, 0.6) is 0 Å². The Labute approximate surface area is 136 Å². The number of rotatable bonds is 6. The fourth-order valence-electron chi connectivity index (χ4n) is 0.800. The van der Waals surface area contributed by atoms with Crippen LogP contribution in [0.1, 0.15) is 0 Å². The molecule has 0 aliphatic heterocycles. The third-order valence-corrected chi connectivity index (χ3v) is 1.99. The van der Waals surface area contributed by atoms with Crippen molar-refractivity contribution in [2.45, 2.75) is 0 Å². The van der Waals surface area contributed by atoms with Crippen molar-refractivity contribution in [2.24, 2.45) is 0 Å². The molecule has 0 fully saturated rings. The molecular formula is C12H32Cl2N4V. The predicted octanol–water partition coefficient (Wildman–Crippen LogP) is 1.60. The van der Waals surface area contributed by atoms with Gasteiger partial charge in [0.15, 0.2) is 0 Å². The standard InChI is InChI=1S/2C6H16N2.2ClH.V/c2*1-7(2)5-6-8(3)4;;;/h2*5-6H2,1-4H3;2*1H;/q;;;;+2/p-2. The molecule has 0 saturated carbocycles. The van der Waals surface area contributed by atoms with E-state index in [0.29, 0.717) is 0 Å². The summed E-state index contributed by atoms with van der Waals surface area (Å²) in [6, 6.07) is 0. The summed E-state index contributed by atoms with van der Waals surface area (Å²) in [4.78, 5) is 8.72. The van der Waals surface area contributed by atoms with Gasteiger partial charge in [-0.1, -0.05) is 0 Å². The number of hydrogen-bond acceptors (Lipinski definition) is 4. The van der Waals surface area contributed by atoms with Crippen LogP contribution in [0.3, 0.4) is 0 Å². The molecule has 0 bridgehead atoms. The molecule has 0 radical (unpaired) electrons. The Balaban J connectivity index is -0.000000224. The molecule has 119 valence electrons. The van der Waals surface area contributed by atoms with Crippen molar-refractivity contribution in [3.05, 3.63) is 0 Å². The number of likely N-dealkylation sites (N-methyl/N-ethyl adjacent to an activating group) is 4. The van der Waals surface area contributed by atoms with Crippen molar-refractivity contribution in [1.82, 2.24) is 19.6 Å². The molecule has 0 N–H and O–H groups in total. The molecular weight excluding hydrogens is 322 g/mol. The molecule has 0 atom stereocenters. The monoisotopic (exact) mass is 353 g/mol. The molecule has 0 aromatic carbocycles. The van der Waals surface area contributed by atoms with E-state index in [4.69, 9.17) is 19.7 Å². The van der Waals surface area contributed by atoms with Gasteiger partial charge in [0.1, 0.15) is 0 Å². The first-order chi connectivity index (χ1) is 8.67. The molecule has 0 heterocycles. The van der Waals surface area contributed by atoms with Crippen molar-refractivity contribution < 1.29 is 14.4 Å². The summed E-state index contributed by atoms with van der Waals surface area (Å²) < 4.78 is 0. The first kappa shape index (κ1) is 25.0. The topological polar surface area (TPSA) is 13.0 Å². The fourth-order valence-corrected chi connectivity index (χ4v) is 0.800. The first-order valence-corrected chi connectivity index (χ1v) is 10.0. The van der Waals surface area contributed by atoms with Gasteiger partial charge in [-0.15, -0.1) is 0 Å². The second kappa shape index (κ2) is 19.0. The van der Waals surface area contributed by atoms with Crippen LogP contribution in [0.4, 0.5) is 0 Å². The zero-order chi connectivity index (χ0) is 15.8. The maximum atomic E-state index is 4.86. The summed E-state index contributed by atoms with van der Waals surface area (Å²) in [7, 11) is 26.4. The summed E-state index contributed by atoms with van der Waals surface area (Å²) in [5, 5.41) is 0. The van der Waals surface area contributed by atoms with E-state index in [2.05, 4.69) is 76.0 Å². The molecule has 0 spiro atoms. The molecule has 0 aromatic rings. The van der Waals surface area contributed by atoms with Crippen molar-refractivity contribution in [3.63, 3.8) is 0 Å². The van der Waals surface area contributed by atoms with Crippen LogP contribution in [0.15, 0.2) is 0 Å². The van der Waals surface area contributed by atoms with E-state index in [0.717, 1.165) is 26.2 Å². The van der Waals surface area contributed by atoms with Crippen LogP contribution in [0.25, 0.3) is 0 Å². The van der Waals surface area contributed by atoms with Crippen molar-refractivity contribution in [3.8, 4) is 0 Å². The molecule has 0 aliphatic carbocycles. The van der Waals surface area contributed by atoms with Gasteiger partial charge in [-0.05, 0) is 56.4 Å². The molecule has 19 heavy (non-hydrogen) atoms. The summed E-state index contributed by atoms with van der Waals surface area (Å²) in [6.45, 7) is 4.58. The number of hydrogen-bond donors (Lipinski definition) is 0. The molecule has 0 aromatic heterocycles. The Morgan fingerprint density at radius 1 is 0.526 bits per heavy atom. The molecule has 4 nitrogen and oxygen atoms in total. The van der Waals surface area contributed by atoms with Gasteiger partial charge < -0.3 is 19.6 Å². The molecule has 0 amide bonds. The SMILES string of the molecule is CN(C)CCN(C)C.CN(C)CCN(C)C.[Cl][V][Cl]. The Bertz CT molecular complexity index is 127. The van der Waals surface area contributed by atoms with E-state index in [9.17, 15) is 0 Å². The second-order valence-electron chi connectivity index (χ2n) is 5.28. The summed E-state index contributed by atoms with van der Waals surface area (Å²) in [5.41, 5.74) is 0. The second-order valence-corrected chi connectivity index (χ2v) is 7.58. The van der Waals surface area contributed by atoms with Gasteiger partial charge in [0.2, 0.25) is 0 Å². The Morgan fingerprint density at radius 2 is 0.632 bits per heavy atom. The predicted molar refractivity (Wildman–Crippen MR) is 85.9 cm³/mol. The third kappa shape index (κ3) is 45.4. The van der Waals surface area contributed by atoms with Gasteiger partial charge in [-0.2, -0.15) is 0 Å². The zero-order valence-electron chi connectivity index (χ0n) is 13.8. The molecule has 0 saturated heterocycles. The Hall–Kier alpha value is 1.00. The van der Waals surface area contributed by atoms with E-state index >= 15 is 0 Å². The van der Waals surface area contributed by atoms with Crippen LogP contribution in [-0.4, -0.2) is 102 Å². The van der Waals surface area contributed by atoms with E-state index in [1.165, 1.54) is 0 Å². The van der Waals surface area contributed by atoms with Crippen molar-refractivity contribution in [2.75, 3.05) is 82.6 Å². The van der Waals surface area contributed by atoms with Crippen LogP contribution in [-0.2, 0) is 14.4 Å². The van der Waals surface area contributed by atoms with Gasteiger partial charge in [0.05, 0.1) is 0 Å². The van der Waals surface area contributed by atoms with Crippen LogP contribution >= 0.6 is 19.7 Å². The average molecular weight is 354 g/mol. The maximum absolute atomic E-state index is 4.86. The zero-order valence-corrected chi connectivity index (χ0v) is 16.7.